The first-order chi connectivity index (χ1) is 8.47. The highest BCUT2D eigenvalue weighted by atomic mass is 35.5. The molecule has 0 aromatic heterocycles. The zero-order chi connectivity index (χ0) is 13.7. The van der Waals surface area contributed by atoms with Gasteiger partial charge in [0.25, 0.3) is 0 Å². The molecular formula is C11H10ClF3O3. The highest BCUT2D eigenvalue weighted by Crippen LogP contribution is 2.28. The molecule has 0 amide bonds. The van der Waals surface area contributed by atoms with Gasteiger partial charge in [-0.15, -0.1) is 11.6 Å². The van der Waals surface area contributed by atoms with Gasteiger partial charge in [0.15, 0.2) is 0 Å². The van der Waals surface area contributed by atoms with E-state index >= 15 is 0 Å². The van der Waals surface area contributed by atoms with Crippen LogP contribution in [0, 0.1) is 5.82 Å². The smallest absolute Gasteiger partial charge is 0.387 e. The van der Waals surface area contributed by atoms with Crippen molar-refractivity contribution in [3.8, 4) is 5.75 Å². The molecule has 0 aliphatic rings. The fourth-order valence-corrected chi connectivity index (χ4v) is 1.71. The van der Waals surface area contributed by atoms with Gasteiger partial charge < -0.3 is 9.47 Å². The van der Waals surface area contributed by atoms with E-state index in [0.717, 1.165) is 12.1 Å². The summed E-state index contributed by atoms with van der Waals surface area (Å²) in [6.45, 7) is -3.10. The maximum atomic E-state index is 13.2. The van der Waals surface area contributed by atoms with Crippen LogP contribution in [-0.2, 0) is 21.8 Å². The fraction of sp³-hybridized carbons (Fsp3) is 0.364. The third kappa shape index (κ3) is 3.80. The molecule has 0 aliphatic heterocycles. The van der Waals surface area contributed by atoms with E-state index in [-0.39, 0.29) is 29.2 Å². The zero-order valence-electron chi connectivity index (χ0n) is 9.38. The van der Waals surface area contributed by atoms with Crippen LogP contribution in [0.2, 0.25) is 0 Å². The summed E-state index contributed by atoms with van der Waals surface area (Å²) in [4.78, 5) is 11.1. The highest BCUT2D eigenvalue weighted by Gasteiger charge is 2.17. The van der Waals surface area contributed by atoms with Gasteiger partial charge in [-0.1, -0.05) is 0 Å². The molecule has 7 heteroatoms. The minimum atomic E-state index is -3.10. The van der Waals surface area contributed by atoms with Crippen molar-refractivity contribution in [3.63, 3.8) is 0 Å². The van der Waals surface area contributed by atoms with E-state index in [0.29, 0.717) is 0 Å². The Morgan fingerprint density at radius 1 is 1.44 bits per heavy atom. The predicted molar refractivity (Wildman–Crippen MR) is 58.3 cm³/mol. The molecule has 1 aromatic rings. The number of methoxy groups -OCH3 is 1. The number of hydrogen-bond donors (Lipinski definition) is 0. The summed E-state index contributed by atoms with van der Waals surface area (Å²) in [6.07, 6.45) is -0.268. The monoisotopic (exact) mass is 282 g/mol. The van der Waals surface area contributed by atoms with Crippen molar-refractivity contribution in [2.45, 2.75) is 18.9 Å². The summed E-state index contributed by atoms with van der Waals surface area (Å²) in [5.41, 5.74) is 0.302. The van der Waals surface area contributed by atoms with Crippen LogP contribution in [0.25, 0.3) is 0 Å². The molecule has 0 fully saturated rings. The molecule has 0 bridgehead atoms. The van der Waals surface area contributed by atoms with Gasteiger partial charge in [-0.25, -0.2) is 4.39 Å². The molecular weight excluding hydrogens is 273 g/mol. The first-order valence-corrected chi connectivity index (χ1v) is 5.40. The molecule has 0 atom stereocenters. The average molecular weight is 283 g/mol. The third-order valence-corrected chi connectivity index (χ3v) is 2.45. The molecule has 18 heavy (non-hydrogen) atoms. The van der Waals surface area contributed by atoms with Gasteiger partial charge in [0.05, 0.1) is 19.4 Å². The number of benzene rings is 1. The van der Waals surface area contributed by atoms with E-state index in [2.05, 4.69) is 9.47 Å². The summed E-state index contributed by atoms with van der Waals surface area (Å²) in [6, 6.07) is 1.83. The summed E-state index contributed by atoms with van der Waals surface area (Å²) < 4.78 is 46.1. The second-order valence-electron chi connectivity index (χ2n) is 3.31. The molecule has 0 N–H and O–H groups in total. The average Bonchev–Trinajstić information content (AvgIpc) is 2.27. The maximum absolute atomic E-state index is 13.2. The number of carbonyl (C=O) groups excluding carboxylic acids is 1. The molecule has 3 nitrogen and oxygen atoms in total. The van der Waals surface area contributed by atoms with Gasteiger partial charge in [-0.3, -0.25) is 4.79 Å². The Bertz CT molecular complexity index is 438. The van der Waals surface area contributed by atoms with Crippen LogP contribution in [-0.4, -0.2) is 19.7 Å². The quantitative estimate of drug-likeness (QED) is 0.615. The normalized spacial score (nSPS) is 10.6. The van der Waals surface area contributed by atoms with Crippen LogP contribution < -0.4 is 4.74 Å². The molecule has 0 radical (unpaired) electrons. The number of carbonyl (C=O) groups is 1. The van der Waals surface area contributed by atoms with Crippen molar-refractivity contribution in [1.82, 2.24) is 0 Å². The number of rotatable bonds is 5. The van der Waals surface area contributed by atoms with Crippen molar-refractivity contribution >= 4 is 17.6 Å². The van der Waals surface area contributed by atoms with E-state index in [4.69, 9.17) is 11.6 Å². The molecule has 0 unspecified atom stereocenters. The molecule has 0 spiro atoms. The molecule has 0 saturated carbocycles. The van der Waals surface area contributed by atoms with Crippen LogP contribution in [0.4, 0.5) is 13.2 Å². The molecule has 0 heterocycles. The fourth-order valence-electron chi connectivity index (χ4n) is 1.40. The zero-order valence-corrected chi connectivity index (χ0v) is 10.1. The Morgan fingerprint density at radius 3 is 2.61 bits per heavy atom. The Morgan fingerprint density at radius 2 is 2.11 bits per heavy atom. The standard InChI is InChI=1S/C11H10ClF3O3/c1-17-10(16)3-6-2-7(13)4-9(8(6)5-12)18-11(14)15/h2,4,11H,3,5H2,1H3. The van der Waals surface area contributed by atoms with Gasteiger partial charge in [0, 0.05) is 11.6 Å². The topological polar surface area (TPSA) is 35.5 Å². The minimum Gasteiger partial charge on any atom is -0.469 e. The molecule has 1 rings (SSSR count). The number of esters is 1. The lowest BCUT2D eigenvalue weighted by Crippen LogP contribution is -2.10. The molecule has 0 aliphatic carbocycles. The Labute approximate surface area is 106 Å². The van der Waals surface area contributed by atoms with Crippen molar-refractivity contribution < 1.29 is 27.4 Å². The number of hydrogen-bond acceptors (Lipinski definition) is 3. The van der Waals surface area contributed by atoms with E-state index < -0.39 is 18.4 Å². The maximum Gasteiger partial charge on any atom is 0.387 e. The number of halogens is 4. The molecule has 1 aromatic carbocycles. The summed E-state index contributed by atoms with van der Waals surface area (Å²) >= 11 is 5.60. The van der Waals surface area contributed by atoms with Crippen LogP contribution in [0.3, 0.4) is 0 Å². The third-order valence-electron chi connectivity index (χ3n) is 2.18. The second kappa shape index (κ2) is 6.49. The SMILES string of the molecule is COC(=O)Cc1cc(F)cc(OC(F)F)c1CCl. The summed E-state index contributed by atoms with van der Waals surface area (Å²) in [5.74, 6) is -1.98. The van der Waals surface area contributed by atoms with Gasteiger partial charge in [0.1, 0.15) is 11.6 Å². The lowest BCUT2D eigenvalue weighted by Gasteiger charge is -2.13. The van der Waals surface area contributed by atoms with Crippen LogP contribution in [0.15, 0.2) is 12.1 Å². The lowest BCUT2D eigenvalue weighted by molar-refractivity contribution is -0.139. The lowest BCUT2D eigenvalue weighted by atomic mass is 10.0. The minimum absolute atomic E-state index is 0.142. The van der Waals surface area contributed by atoms with E-state index in [1.54, 1.807) is 0 Å². The van der Waals surface area contributed by atoms with Crippen molar-refractivity contribution in [2.24, 2.45) is 0 Å². The van der Waals surface area contributed by atoms with Gasteiger partial charge in [-0.2, -0.15) is 8.78 Å². The van der Waals surface area contributed by atoms with Gasteiger partial charge in [0.2, 0.25) is 0 Å². The van der Waals surface area contributed by atoms with Crippen LogP contribution in [0.5, 0.6) is 5.75 Å². The Balaban J connectivity index is 3.15. The van der Waals surface area contributed by atoms with Crippen molar-refractivity contribution in [2.75, 3.05) is 7.11 Å². The second-order valence-corrected chi connectivity index (χ2v) is 3.57. The Hall–Kier alpha value is -1.43. The van der Waals surface area contributed by atoms with E-state index in [1.807, 2.05) is 0 Å². The largest absolute Gasteiger partial charge is 0.469 e. The van der Waals surface area contributed by atoms with Gasteiger partial charge in [-0.05, 0) is 11.6 Å². The highest BCUT2D eigenvalue weighted by molar-refractivity contribution is 6.17. The Kier molecular flexibility index (Phi) is 5.27. The van der Waals surface area contributed by atoms with Crippen molar-refractivity contribution in [3.05, 3.63) is 29.1 Å². The number of alkyl halides is 3. The first kappa shape index (κ1) is 14.6. The molecule has 100 valence electrons. The van der Waals surface area contributed by atoms with Crippen LogP contribution in [0.1, 0.15) is 11.1 Å². The predicted octanol–water partition coefficient (Wildman–Crippen LogP) is 2.88. The number of ether oxygens (including phenoxy) is 2. The van der Waals surface area contributed by atoms with E-state index in [9.17, 15) is 18.0 Å². The van der Waals surface area contributed by atoms with Gasteiger partial charge >= 0.3 is 12.6 Å². The van der Waals surface area contributed by atoms with Crippen molar-refractivity contribution in [1.29, 1.82) is 0 Å². The summed E-state index contributed by atoms with van der Waals surface area (Å²) in [7, 11) is 1.17. The molecule has 0 saturated heterocycles. The summed E-state index contributed by atoms with van der Waals surface area (Å²) in [5, 5.41) is 0. The first-order valence-electron chi connectivity index (χ1n) is 4.86. The van der Waals surface area contributed by atoms with E-state index in [1.165, 1.54) is 7.11 Å². The van der Waals surface area contributed by atoms with Crippen LogP contribution >= 0.6 is 11.6 Å².